The topological polar surface area (TPSA) is 32.5 Å². The number of rotatable bonds is 8. The second kappa shape index (κ2) is 8.13. The van der Waals surface area contributed by atoms with Crippen LogP contribution in [0.3, 0.4) is 0 Å². The molecule has 2 N–H and O–H groups in total. The Morgan fingerprint density at radius 1 is 1.00 bits per heavy atom. The molecule has 0 atom stereocenters. The molecule has 1 aliphatic rings. The lowest BCUT2D eigenvalue weighted by Gasteiger charge is -2.44. The van der Waals surface area contributed by atoms with Gasteiger partial charge in [-0.3, -0.25) is 9.80 Å². The van der Waals surface area contributed by atoms with Crippen molar-refractivity contribution < 1.29 is 0 Å². The molecule has 108 valence electrons. The van der Waals surface area contributed by atoms with Crippen molar-refractivity contribution in [1.82, 2.24) is 9.80 Å². The van der Waals surface area contributed by atoms with E-state index in [0.717, 1.165) is 13.1 Å². The lowest BCUT2D eigenvalue weighted by molar-refractivity contribution is 0.0469. The van der Waals surface area contributed by atoms with Gasteiger partial charge in [-0.05, 0) is 20.3 Å². The van der Waals surface area contributed by atoms with E-state index in [4.69, 9.17) is 5.73 Å². The number of unbranched alkanes of at least 4 members (excludes halogenated alkanes) is 3. The van der Waals surface area contributed by atoms with Crippen molar-refractivity contribution >= 4 is 0 Å². The minimum Gasteiger partial charge on any atom is -0.329 e. The zero-order valence-corrected chi connectivity index (χ0v) is 12.7. The maximum absolute atomic E-state index is 5.62. The normalized spacial score (nSPS) is 19.3. The molecule has 1 fully saturated rings. The summed E-state index contributed by atoms with van der Waals surface area (Å²) in [6.45, 7) is 13.8. The first kappa shape index (κ1) is 15.9. The van der Waals surface area contributed by atoms with Gasteiger partial charge in [-0.1, -0.05) is 32.6 Å². The second-order valence-electron chi connectivity index (χ2n) is 6.24. The van der Waals surface area contributed by atoms with Gasteiger partial charge in [0.15, 0.2) is 0 Å². The van der Waals surface area contributed by atoms with E-state index >= 15 is 0 Å². The smallest absolute Gasteiger partial charge is 0.0154 e. The van der Waals surface area contributed by atoms with Crippen LogP contribution in [0.4, 0.5) is 0 Å². The second-order valence-corrected chi connectivity index (χ2v) is 6.24. The van der Waals surface area contributed by atoms with Crippen LogP contribution in [0.25, 0.3) is 0 Å². The number of piperazine rings is 1. The van der Waals surface area contributed by atoms with Gasteiger partial charge in [0.2, 0.25) is 0 Å². The molecule has 0 aromatic carbocycles. The largest absolute Gasteiger partial charge is 0.329 e. The molecule has 0 bridgehead atoms. The summed E-state index contributed by atoms with van der Waals surface area (Å²) in [6, 6.07) is 0. The Morgan fingerprint density at radius 3 is 2.22 bits per heavy atom. The maximum Gasteiger partial charge on any atom is 0.0154 e. The van der Waals surface area contributed by atoms with E-state index in [9.17, 15) is 0 Å². The molecular formula is C15H33N3. The molecule has 18 heavy (non-hydrogen) atoms. The van der Waals surface area contributed by atoms with E-state index in [-0.39, 0.29) is 0 Å². The summed E-state index contributed by atoms with van der Waals surface area (Å²) < 4.78 is 0. The van der Waals surface area contributed by atoms with E-state index in [0.29, 0.717) is 5.54 Å². The SMILES string of the molecule is CCCCCCC(C)(C)N1CCN(CCN)CC1. The highest BCUT2D eigenvalue weighted by molar-refractivity contribution is 4.85. The van der Waals surface area contributed by atoms with Crippen LogP contribution in [0.5, 0.6) is 0 Å². The van der Waals surface area contributed by atoms with Crippen molar-refractivity contribution in [2.24, 2.45) is 5.73 Å². The molecule has 0 spiro atoms. The van der Waals surface area contributed by atoms with Crippen LogP contribution in [0.2, 0.25) is 0 Å². The summed E-state index contributed by atoms with van der Waals surface area (Å²) in [5.41, 5.74) is 6.00. The van der Waals surface area contributed by atoms with Crippen molar-refractivity contribution in [1.29, 1.82) is 0 Å². The molecule has 0 amide bonds. The zero-order valence-electron chi connectivity index (χ0n) is 12.7. The minimum atomic E-state index is 0.378. The molecule has 0 radical (unpaired) electrons. The third-order valence-electron chi connectivity index (χ3n) is 4.32. The van der Waals surface area contributed by atoms with Gasteiger partial charge in [0.1, 0.15) is 0 Å². The summed E-state index contributed by atoms with van der Waals surface area (Å²) in [6.07, 6.45) is 6.83. The quantitative estimate of drug-likeness (QED) is 0.676. The average molecular weight is 255 g/mol. The Kier molecular flexibility index (Phi) is 7.20. The van der Waals surface area contributed by atoms with Crippen LogP contribution < -0.4 is 5.73 Å². The van der Waals surface area contributed by atoms with E-state index in [2.05, 4.69) is 30.6 Å². The fourth-order valence-electron chi connectivity index (χ4n) is 2.90. The predicted molar refractivity (Wildman–Crippen MR) is 79.9 cm³/mol. The summed E-state index contributed by atoms with van der Waals surface area (Å²) in [5, 5.41) is 0. The van der Waals surface area contributed by atoms with Gasteiger partial charge in [-0.25, -0.2) is 0 Å². The van der Waals surface area contributed by atoms with E-state index in [1.807, 2.05) is 0 Å². The molecule has 3 nitrogen and oxygen atoms in total. The number of hydrogen-bond donors (Lipinski definition) is 1. The zero-order chi connectivity index (χ0) is 13.4. The molecule has 1 heterocycles. The maximum atomic E-state index is 5.62. The summed E-state index contributed by atoms with van der Waals surface area (Å²) in [4.78, 5) is 5.16. The predicted octanol–water partition coefficient (Wildman–Crippen LogP) is 2.31. The monoisotopic (exact) mass is 255 g/mol. The Bertz CT molecular complexity index is 208. The van der Waals surface area contributed by atoms with Crippen LogP contribution in [0.1, 0.15) is 52.9 Å². The molecule has 1 saturated heterocycles. The highest BCUT2D eigenvalue weighted by Crippen LogP contribution is 2.23. The lowest BCUT2D eigenvalue weighted by atomic mass is 9.93. The Balaban J connectivity index is 2.26. The number of hydrogen-bond acceptors (Lipinski definition) is 3. The number of nitrogens with zero attached hydrogens (tertiary/aromatic N) is 2. The van der Waals surface area contributed by atoms with Crippen LogP contribution in [-0.4, -0.2) is 54.6 Å². The summed E-state index contributed by atoms with van der Waals surface area (Å²) in [7, 11) is 0. The summed E-state index contributed by atoms with van der Waals surface area (Å²) in [5.74, 6) is 0. The van der Waals surface area contributed by atoms with Gasteiger partial charge in [-0.2, -0.15) is 0 Å². The van der Waals surface area contributed by atoms with Crippen LogP contribution in [-0.2, 0) is 0 Å². The van der Waals surface area contributed by atoms with Crippen molar-refractivity contribution in [2.45, 2.75) is 58.4 Å². The van der Waals surface area contributed by atoms with Gasteiger partial charge in [-0.15, -0.1) is 0 Å². The van der Waals surface area contributed by atoms with Gasteiger partial charge in [0.05, 0.1) is 0 Å². The van der Waals surface area contributed by atoms with E-state index in [1.165, 1.54) is 58.3 Å². The molecule has 0 aromatic rings. The highest BCUT2D eigenvalue weighted by atomic mass is 15.3. The van der Waals surface area contributed by atoms with Crippen LogP contribution in [0, 0.1) is 0 Å². The Morgan fingerprint density at radius 2 is 1.67 bits per heavy atom. The highest BCUT2D eigenvalue weighted by Gasteiger charge is 2.28. The van der Waals surface area contributed by atoms with Crippen molar-refractivity contribution in [3.05, 3.63) is 0 Å². The van der Waals surface area contributed by atoms with Gasteiger partial charge >= 0.3 is 0 Å². The molecule has 0 saturated carbocycles. The van der Waals surface area contributed by atoms with Crippen molar-refractivity contribution in [2.75, 3.05) is 39.3 Å². The molecule has 0 aliphatic carbocycles. The van der Waals surface area contributed by atoms with Gasteiger partial charge < -0.3 is 5.73 Å². The molecule has 1 rings (SSSR count). The first-order chi connectivity index (χ1) is 8.60. The Hall–Kier alpha value is -0.120. The van der Waals surface area contributed by atoms with Crippen LogP contribution in [0.15, 0.2) is 0 Å². The molecule has 1 aliphatic heterocycles. The first-order valence-corrected chi connectivity index (χ1v) is 7.77. The summed E-state index contributed by atoms with van der Waals surface area (Å²) >= 11 is 0. The molecule has 3 heteroatoms. The van der Waals surface area contributed by atoms with Gasteiger partial charge in [0, 0.05) is 44.8 Å². The van der Waals surface area contributed by atoms with E-state index in [1.54, 1.807) is 0 Å². The van der Waals surface area contributed by atoms with Crippen molar-refractivity contribution in [3.8, 4) is 0 Å². The Labute approximate surface area is 114 Å². The average Bonchev–Trinajstić information content (AvgIpc) is 2.36. The lowest BCUT2D eigenvalue weighted by Crippen LogP contribution is -2.55. The first-order valence-electron chi connectivity index (χ1n) is 7.77. The third-order valence-corrected chi connectivity index (χ3v) is 4.32. The van der Waals surface area contributed by atoms with Crippen LogP contribution >= 0.6 is 0 Å². The molecule has 0 unspecified atom stereocenters. The van der Waals surface area contributed by atoms with Crippen molar-refractivity contribution in [3.63, 3.8) is 0 Å². The fraction of sp³-hybridized carbons (Fsp3) is 1.00. The fourth-order valence-corrected chi connectivity index (χ4v) is 2.90. The molecule has 0 aromatic heterocycles. The number of nitrogens with two attached hydrogens (primary N) is 1. The minimum absolute atomic E-state index is 0.378. The third kappa shape index (κ3) is 5.25. The standard InChI is InChI=1S/C15H33N3/c1-4-5-6-7-8-15(2,3)18-13-11-17(10-9-16)12-14-18/h4-14,16H2,1-3H3. The van der Waals surface area contributed by atoms with Gasteiger partial charge in [0.25, 0.3) is 0 Å². The van der Waals surface area contributed by atoms with E-state index < -0.39 is 0 Å². The molecular weight excluding hydrogens is 222 g/mol.